The van der Waals surface area contributed by atoms with E-state index in [1.54, 1.807) is 4.90 Å². The van der Waals surface area contributed by atoms with Gasteiger partial charge in [-0.05, 0) is 12.1 Å². The maximum atomic E-state index is 12.1. The number of benzene rings is 1. The van der Waals surface area contributed by atoms with Gasteiger partial charge in [0.1, 0.15) is 11.9 Å². The Labute approximate surface area is 124 Å². The standard InChI is InChI=1S/C15H21N3O3/c16-13(10-14(17)19)15(20)18-8-6-12(7-9-18)21-11-4-2-1-3-5-11/h1-5,12-13H,6-10,16H2,(H2,17,19). The molecule has 0 bridgehead atoms. The zero-order valence-corrected chi connectivity index (χ0v) is 11.9. The van der Waals surface area contributed by atoms with E-state index in [0.717, 1.165) is 18.6 Å². The van der Waals surface area contributed by atoms with E-state index in [4.69, 9.17) is 16.2 Å². The zero-order valence-electron chi connectivity index (χ0n) is 11.9. The highest BCUT2D eigenvalue weighted by Crippen LogP contribution is 2.19. The summed E-state index contributed by atoms with van der Waals surface area (Å²) in [5, 5.41) is 0. The number of likely N-dealkylation sites (tertiary alicyclic amines) is 1. The summed E-state index contributed by atoms with van der Waals surface area (Å²) in [4.78, 5) is 24.5. The molecule has 2 amide bonds. The molecule has 0 aromatic heterocycles. The van der Waals surface area contributed by atoms with Crippen molar-refractivity contribution in [2.24, 2.45) is 11.5 Å². The van der Waals surface area contributed by atoms with Crippen LogP contribution in [-0.4, -0.2) is 41.9 Å². The van der Waals surface area contributed by atoms with Crippen molar-refractivity contribution in [1.82, 2.24) is 4.90 Å². The molecule has 4 N–H and O–H groups in total. The van der Waals surface area contributed by atoms with Crippen molar-refractivity contribution in [3.8, 4) is 5.75 Å². The number of amides is 2. The van der Waals surface area contributed by atoms with Crippen molar-refractivity contribution >= 4 is 11.8 Å². The summed E-state index contributed by atoms with van der Waals surface area (Å²) in [6.45, 7) is 1.17. The predicted octanol–water partition coefficient (Wildman–Crippen LogP) is 0.259. The summed E-state index contributed by atoms with van der Waals surface area (Å²) in [5.41, 5.74) is 10.7. The molecule has 1 fully saturated rings. The second-order valence-corrected chi connectivity index (χ2v) is 5.23. The number of rotatable bonds is 5. The van der Waals surface area contributed by atoms with Crippen LogP contribution >= 0.6 is 0 Å². The van der Waals surface area contributed by atoms with Crippen molar-refractivity contribution in [2.75, 3.05) is 13.1 Å². The zero-order chi connectivity index (χ0) is 15.2. The quantitative estimate of drug-likeness (QED) is 0.813. The molecule has 2 rings (SSSR count). The van der Waals surface area contributed by atoms with E-state index in [2.05, 4.69) is 0 Å². The van der Waals surface area contributed by atoms with Crippen molar-refractivity contribution in [3.63, 3.8) is 0 Å². The Balaban J connectivity index is 1.80. The number of nitrogens with two attached hydrogens (primary N) is 2. The highest BCUT2D eigenvalue weighted by atomic mass is 16.5. The SMILES string of the molecule is NC(=O)CC(N)C(=O)N1CCC(Oc2ccccc2)CC1. The van der Waals surface area contributed by atoms with Gasteiger partial charge in [-0.1, -0.05) is 18.2 Å². The molecule has 0 spiro atoms. The molecule has 1 aromatic carbocycles. The minimum absolute atomic E-state index is 0.101. The second-order valence-electron chi connectivity index (χ2n) is 5.23. The van der Waals surface area contributed by atoms with Crippen LogP contribution in [0.2, 0.25) is 0 Å². The molecule has 6 nitrogen and oxygen atoms in total. The van der Waals surface area contributed by atoms with Gasteiger partial charge in [0.05, 0.1) is 12.5 Å². The van der Waals surface area contributed by atoms with Crippen LogP contribution in [0.5, 0.6) is 5.75 Å². The van der Waals surface area contributed by atoms with Crippen LogP contribution in [0.4, 0.5) is 0 Å². The lowest BCUT2D eigenvalue weighted by atomic mass is 10.1. The number of hydrogen-bond acceptors (Lipinski definition) is 4. The lowest BCUT2D eigenvalue weighted by Crippen LogP contribution is -2.49. The number of ether oxygens (including phenoxy) is 1. The fourth-order valence-corrected chi connectivity index (χ4v) is 2.42. The van der Waals surface area contributed by atoms with Crippen LogP contribution in [0.25, 0.3) is 0 Å². The summed E-state index contributed by atoms with van der Waals surface area (Å²) < 4.78 is 5.87. The lowest BCUT2D eigenvalue weighted by molar-refractivity contribution is -0.136. The Bertz CT molecular complexity index is 484. The normalized spacial score (nSPS) is 17.3. The van der Waals surface area contributed by atoms with Crippen molar-refractivity contribution in [1.29, 1.82) is 0 Å². The number of piperidine rings is 1. The van der Waals surface area contributed by atoms with Crippen LogP contribution in [0.1, 0.15) is 19.3 Å². The Morgan fingerprint density at radius 1 is 1.24 bits per heavy atom. The average Bonchev–Trinajstić information content (AvgIpc) is 2.47. The van der Waals surface area contributed by atoms with Crippen LogP contribution in [0, 0.1) is 0 Å². The number of nitrogens with zero attached hydrogens (tertiary/aromatic N) is 1. The van der Waals surface area contributed by atoms with E-state index >= 15 is 0 Å². The van der Waals surface area contributed by atoms with E-state index in [1.165, 1.54) is 0 Å². The molecular weight excluding hydrogens is 270 g/mol. The Kier molecular flexibility index (Phi) is 5.16. The van der Waals surface area contributed by atoms with Gasteiger partial charge in [-0.25, -0.2) is 0 Å². The molecule has 1 atom stereocenters. The van der Waals surface area contributed by atoms with Gasteiger partial charge in [-0.3, -0.25) is 9.59 Å². The Hall–Kier alpha value is -2.08. The number of carbonyl (C=O) groups is 2. The molecule has 1 aliphatic heterocycles. The first-order valence-corrected chi connectivity index (χ1v) is 7.10. The van der Waals surface area contributed by atoms with Crippen molar-refractivity contribution < 1.29 is 14.3 Å². The number of hydrogen-bond donors (Lipinski definition) is 2. The van der Waals surface area contributed by atoms with E-state index in [-0.39, 0.29) is 18.4 Å². The molecular formula is C15H21N3O3. The van der Waals surface area contributed by atoms with E-state index < -0.39 is 11.9 Å². The molecule has 1 unspecified atom stereocenters. The van der Waals surface area contributed by atoms with Gasteiger partial charge < -0.3 is 21.1 Å². The largest absolute Gasteiger partial charge is 0.490 e. The summed E-state index contributed by atoms with van der Waals surface area (Å²) in [6, 6.07) is 8.79. The number of para-hydroxylation sites is 1. The van der Waals surface area contributed by atoms with Gasteiger partial charge in [-0.2, -0.15) is 0 Å². The molecule has 0 radical (unpaired) electrons. The van der Waals surface area contributed by atoms with Gasteiger partial charge in [-0.15, -0.1) is 0 Å². The van der Waals surface area contributed by atoms with Gasteiger partial charge in [0.15, 0.2) is 0 Å². The third-order valence-corrected chi connectivity index (χ3v) is 3.54. The molecule has 0 saturated carbocycles. The van der Waals surface area contributed by atoms with Crippen LogP contribution in [-0.2, 0) is 9.59 Å². The predicted molar refractivity (Wildman–Crippen MR) is 78.5 cm³/mol. The first-order chi connectivity index (χ1) is 10.1. The van der Waals surface area contributed by atoms with Gasteiger partial charge >= 0.3 is 0 Å². The number of primary amides is 1. The second kappa shape index (κ2) is 7.08. The Morgan fingerprint density at radius 3 is 2.43 bits per heavy atom. The molecule has 1 aliphatic rings. The topological polar surface area (TPSA) is 98.7 Å². The van der Waals surface area contributed by atoms with Gasteiger partial charge in [0, 0.05) is 25.9 Å². The van der Waals surface area contributed by atoms with Crippen molar-refractivity contribution in [2.45, 2.75) is 31.4 Å². The third kappa shape index (κ3) is 4.46. The fourth-order valence-electron chi connectivity index (χ4n) is 2.42. The smallest absolute Gasteiger partial charge is 0.240 e. The summed E-state index contributed by atoms with van der Waals surface area (Å²) in [7, 11) is 0. The van der Waals surface area contributed by atoms with Crippen LogP contribution < -0.4 is 16.2 Å². The maximum Gasteiger partial charge on any atom is 0.240 e. The summed E-state index contributed by atoms with van der Waals surface area (Å²) >= 11 is 0. The van der Waals surface area contributed by atoms with Crippen LogP contribution in [0.3, 0.4) is 0 Å². The summed E-state index contributed by atoms with van der Waals surface area (Å²) in [6.07, 6.45) is 1.50. The van der Waals surface area contributed by atoms with E-state index in [1.807, 2.05) is 30.3 Å². The fraction of sp³-hybridized carbons (Fsp3) is 0.467. The van der Waals surface area contributed by atoms with Gasteiger partial charge in [0.2, 0.25) is 11.8 Å². The van der Waals surface area contributed by atoms with E-state index in [0.29, 0.717) is 13.1 Å². The van der Waals surface area contributed by atoms with E-state index in [9.17, 15) is 9.59 Å². The monoisotopic (exact) mass is 291 g/mol. The first-order valence-electron chi connectivity index (χ1n) is 7.10. The average molecular weight is 291 g/mol. The molecule has 0 aliphatic carbocycles. The molecule has 1 saturated heterocycles. The highest BCUT2D eigenvalue weighted by Gasteiger charge is 2.27. The lowest BCUT2D eigenvalue weighted by Gasteiger charge is -2.33. The van der Waals surface area contributed by atoms with Crippen LogP contribution in [0.15, 0.2) is 30.3 Å². The molecule has 6 heteroatoms. The molecule has 114 valence electrons. The highest BCUT2D eigenvalue weighted by molar-refractivity contribution is 5.87. The molecule has 21 heavy (non-hydrogen) atoms. The Morgan fingerprint density at radius 2 is 1.86 bits per heavy atom. The summed E-state index contributed by atoms with van der Waals surface area (Å²) in [5.74, 6) is 0.0674. The number of carbonyl (C=O) groups excluding carboxylic acids is 2. The molecule has 1 aromatic rings. The maximum absolute atomic E-state index is 12.1. The minimum atomic E-state index is -0.839. The minimum Gasteiger partial charge on any atom is -0.490 e. The first kappa shape index (κ1) is 15.3. The van der Waals surface area contributed by atoms with Crippen molar-refractivity contribution in [3.05, 3.63) is 30.3 Å². The van der Waals surface area contributed by atoms with Gasteiger partial charge in [0.25, 0.3) is 0 Å². The molecule has 1 heterocycles. The third-order valence-electron chi connectivity index (χ3n) is 3.54.